The predicted octanol–water partition coefficient (Wildman–Crippen LogP) is 3.26. The lowest BCUT2D eigenvalue weighted by atomic mass is 9.99. The van der Waals surface area contributed by atoms with E-state index in [0.717, 1.165) is 12.8 Å². The van der Waals surface area contributed by atoms with Gasteiger partial charge in [-0.2, -0.15) is 20.3 Å². The average molecular weight is 423 g/mol. The van der Waals surface area contributed by atoms with Gasteiger partial charge in [-0.25, -0.2) is 4.98 Å². The molecule has 2 unspecified atom stereocenters. The number of hydrogen-bond donors (Lipinski definition) is 0. The molecule has 1 fully saturated rings. The number of halogens is 1. The largest absolute Gasteiger partial charge is 0.471 e. The van der Waals surface area contributed by atoms with Crippen LogP contribution in [0.3, 0.4) is 0 Å². The first-order valence-electron chi connectivity index (χ1n) is 9.56. The lowest BCUT2D eigenvalue weighted by molar-refractivity contribution is 0.0373. The molecule has 0 bridgehead atoms. The summed E-state index contributed by atoms with van der Waals surface area (Å²) in [6.45, 7) is 2.40. The Morgan fingerprint density at radius 1 is 1.20 bits per heavy atom. The molecular formula is C21H19ClN6O2. The maximum Gasteiger partial charge on any atom is 0.256 e. The first-order chi connectivity index (χ1) is 14.6. The number of carbonyl (C=O) groups excluding carboxylic acids is 1. The number of nitriles is 1. The Balaban J connectivity index is 1.57. The quantitative estimate of drug-likeness (QED) is 0.640. The van der Waals surface area contributed by atoms with Gasteiger partial charge in [-0.3, -0.25) is 4.79 Å². The summed E-state index contributed by atoms with van der Waals surface area (Å²) in [6, 6.07) is 10.8. The van der Waals surface area contributed by atoms with E-state index in [1.807, 2.05) is 31.2 Å². The van der Waals surface area contributed by atoms with Crippen LogP contribution in [-0.2, 0) is 0 Å². The van der Waals surface area contributed by atoms with Crippen molar-refractivity contribution in [1.82, 2.24) is 24.9 Å². The molecule has 0 N–H and O–H groups in total. The van der Waals surface area contributed by atoms with E-state index >= 15 is 0 Å². The molecule has 9 heteroatoms. The fourth-order valence-electron chi connectivity index (χ4n) is 3.53. The third-order valence-corrected chi connectivity index (χ3v) is 5.49. The number of rotatable bonds is 4. The van der Waals surface area contributed by atoms with Crippen molar-refractivity contribution in [2.24, 2.45) is 0 Å². The zero-order valence-corrected chi connectivity index (χ0v) is 17.0. The highest BCUT2D eigenvalue weighted by Crippen LogP contribution is 2.29. The number of carbonyl (C=O) groups is 1. The first kappa shape index (κ1) is 19.9. The summed E-state index contributed by atoms with van der Waals surface area (Å²) in [6.07, 6.45) is 5.87. The molecule has 3 heterocycles. The van der Waals surface area contributed by atoms with Crippen molar-refractivity contribution in [3.63, 3.8) is 0 Å². The standard InChI is InChI=1S/C21H19ClN6O2/c1-14-6-7-16(30-20-19(22)15(12-23)8-9-24-20)13-27(14)21(29)17-4-2-3-5-18(17)28-25-10-11-26-28/h2-5,8-11,14,16H,6-7,13H2,1H3. The van der Waals surface area contributed by atoms with Crippen molar-refractivity contribution < 1.29 is 9.53 Å². The molecule has 0 radical (unpaired) electrons. The van der Waals surface area contributed by atoms with Gasteiger partial charge >= 0.3 is 0 Å². The Labute approximate surface area is 178 Å². The lowest BCUT2D eigenvalue weighted by Gasteiger charge is -2.38. The highest BCUT2D eigenvalue weighted by atomic mass is 35.5. The highest BCUT2D eigenvalue weighted by Gasteiger charge is 2.32. The van der Waals surface area contributed by atoms with E-state index in [4.69, 9.17) is 21.6 Å². The molecule has 2 aromatic heterocycles. The number of para-hydroxylation sites is 1. The number of piperidine rings is 1. The fourth-order valence-corrected chi connectivity index (χ4v) is 3.73. The van der Waals surface area contributed by atoms with Crippen LogP contribution in [0.1, 0.15) is 35.7 Å². The van der Waals surface area contributed by atoms with Crippen LogP contribution in [0.5, 0.6) is 5.88 Å². The zero-order chi connectivity index (χ0) is 21.1. The number of nitrogens with zero attached hydrogens (tertiary/aromatic N) is 6. The molecule has 1 saturated heterocycles. The molecular weight excluding hydrogens is 404 g/mol. The van der Waals surface area contributed by atoms with E-state index < -0.39 is 0 Å². The fraction of sp³-hybridized carbons (Fsp3) is 0.286. The van der Waals surface area contributed by atoms with E-state index in [1.54, 1.807) is 23.4 Å². The van der Waals surface area contributed by atoms with E-state index in [1.165, 1.54) is 17.1 Å². The van der Waals surface area contributed by atoms with Crippen LogP contribution in [0.4, 0.5) is 0 Å². The molecule has 1 amide bonds. The van der Waals surface area contributed by atoms with Crippen LogP contribution in [0.25, 0.3) is 5.69 Å². The lowest BCUT2D eigenvalue weighted by Crippen LogP contribution is -2.49. The second-order valence-corrected chi connectivity index (χ2v) is 7.43. The smallest absolute Gasteiger partial charge is 0.256 e. The van der Waals surface area contributed by atoms with Crippen LogP contribution in [0.2, 0.25) is 5.02 Å². The van der Waals surface area contributed by atoms with E-state index in [0.29, 0.717) is 23.4 Å². The van der Waals surface area contributed by atoms with E-state index in [9.17, 15) is 4.79 Å². The molecule has 30 heavy (non-hydrogen) atoms. The maximum absolute atomic E-state index is 13.4. The van der Waals surface area contributed by atoms with Crippen LogP contribution in [-0.4, -0.2) is 49.5 Å². The van der Waals surface area contributed by atoms with Crippen molar-refractivity contribution in [3.8, 4) is 17.6 Å². The number of hydrogen-bond acceptors (Lipinski definition) is 6. The van der Waals surface area contributed by atoms with E-state index in [-0.39, 0.29) is 29.0 Å². The molecule has 0 saturated carbocycles. The SMILES string of the molecule is CC1CCC(Oc2nccc(C#N)c2Cl)CN1C(=O)c1ccccc1-n1nccn1. The summed E-state index contributed by atoms with van der Waals surface area (Å²) in [7, 11) is 0. The zero-order valence-electron chi connectivity index (χ0n) is 16.3. The minimum Gasteiger partial charge on any atom is -0.471 e. The number of benzene rings is 1. The maximum atomic E-state index is 13.4. The Hall–Kier alpha value is -3.44. The van der Waals surface area contributed by atoms with Crippen molar-refractivity contribution in [2.75, 3.05) is 6.54 Å². The van der Waals surface area contributed by atoms with Gasteiger partial charge in [0.1, 0.15) is 17.2 Å². The van der Waals surface area contributed by atoms with Gasteiger partial charge in [-0.05, 0) is 38.0 Å². The van der Waals surface area contributed by atoms with Crippen molar-refractivity contribution in [2.45, 2.75) is 31.9 Å². The second-order valence-electron chi connectivity index (χ2n) is 7.05. The van der Waals surface area contributed by atoms with Gasteiger partial charge in [-0.1, -0.05) is 23.7 Å². The summed E-state index contributed by atoms with van der Waals surface area (Å²) < 4.78 is 5.98. The Bertz CT molecular complexity index is 1100. The normalized spacial score (nSPS) is 18.6. The summed E-state index contributed by atoms with van der Waals surface area (Å²) in [5, 5.41) is 17.6. The van der Waals surface area contributed by atoms with Gasteiger partial charge in [0.2, 0.25) is 5.88 Å². The first-order valence-corrected chi connectivity index (χ1v) is 9.94. The number of amides is 1. The number of pyridine rings is 1. The molecule has 152 valence electrons. The highest BCUT2D eigenvalue weighted by molar-refractivity contribution is 6.32. The van der Waals surface area contributed by atoms with Crippen LogP contribution >= 0.6 is 11.6 Å². The summed E-state index contributed by atoms with van der Waals surface area (Å²) >= 11 is 6.22. The summed E-state index contributed by atoms with van der Waals surface area (Å²) in [5.41, 5.74) is 1.44. The van der Waals surface area contributed by atoms with Gasteiger partial charge in [0.25, 0.3) is 5.91 Å². The molecule has 1 aliphatic heterocycles. The number of aromatic nitrogens is 4. The molecule has 1 aromatic carbocycles. The minimum absolute atomic E-state index is 0.0462. The Morgan fingerprint density at radius 3 is 2.73 bits per heavy atom. The molecule has 2 atom stereocenters. The van der Waals surface area contributed by atoms with Crippen molar-refractivity contribution in [3.05, 3.63) is 65.1 Å². The van der Waals surface area contributed by atoms with Gasteiger partial charge in [0.05, 0.1) is 35.8 Å². The van der Waals surface area contributed by atoms with Crippen LogP contribution in [0.15, 0.2) is 48.9 Å². The van der Waals surface area contributed by atoms with Gasteiger partial charge < -0.3 is 9.64 Å². The molecule has 1 aliphatic rings. The van der Waals surface area contributed by atoms with E-state index in [2.05, 4.69) is 15.2 Å². The predicted molar refractivity (Wildman–Crippen MR) is 109 cm³/mol. The third kappa shape index (κ3) is 3.84. The monoisotopic (exact) mass is 422 g/mol. The van der Waals surface area contributed by atoms with Gasteiger partial charge in [0, 0.05) is 12.2 Å². The third-order valence-electron chi connectivity index (χ3n) is 5.12. The number of likely N-dealkylation sites (tertiary alicyclic amines) is 1. The summed E-state index contributed by atoms with van der Waals surface area (Å²) in [5.74, 6) is 0.0948. The minimum atomic E-state index is -0.279. The van der Waals surface area contributed by atoms with Crippen molar-refractivity contribution >= 4 is 17.5 Å². The van der Waals surface area contributed by atoms with Gasteiger partial charge in [0.15, 0.2) is 0 Å². The molecule has 0 aliphatic carbocycles. The second kappa shape index (κ2) is 8.51. The molecule has 8 nitrogen and oxygen atoms in total. The Morgan fingerprint density at radius 2 is 1.97 bits per heavy atom. The molecule has 3 aromatic rings. The van der Waals surface area contributed by atoms with Crippen molar-refractivity contribution in [1.29, 1.82) is 5.26 Å². The summed E-state index contributed by atoms with van der Waals surface area (Å²) in [4.78, 5) is 20.8. The topological polar surface area (TPSA) is 96.9 Å². The Kier molecular flexibility index (Phi) is 5.63. The van der Waals surface area contributed by atoms with Crippen LogP contribution in [0, 0.1) is 11.3 Å². The average Bonchev–Trinajstić information content (AvgIpc) is 3.31. The number of ether oxygens (including phenoxy) is 1. The van der Waals surface area contributed by atoms with Crippen LogP contribution < -0.4 is 4.74 Å². The molecule has 4 rings (SSSR count). The molecule has 0 spiro atoms. The van der Waals surface area contributed by atoms with Gasteiger partial charge in [-0.15, -0.1) is 0 Å².